The van der Waals surface area contributed by atoms with Crippen molar-refractivity contribution in [3.63, 3.8) is 0 Å². The molecule has 1 aliphatic rings. The van der Waals surface area contributed by atoms with E-state index in [1.165, 1.54) is 16.8 Å². The van der Waals surface area contributed by atoms with Gasteiger partial charge in [-0.2, -0.15) is 8.78 Å². The second kappa shape index (κ2) is 7.51. The van der Waals surface area contributed by atoms with Gasteiger partial charge >= 0.3 is 0 Å². The van der Waals surface area contributed by atoms with Crippen LogP contribution in [0, 0.1) is 0 Å². The molecule has 6 aromatic carbocycles. The lowest BCUT2D eigenvalue weighted by molar-refractivity contribution is 0.0480. The first-order valence-corrected chi connectivity index (χ1v) is 13.4. The van der Waals surface area contributed by atoms with Crippen LogP contribution in [0.5, 0.6) is 0 Å². The lowest BCUT2D eigenvalue weighted by Gasteiger charge is -2.15. The number of halogens is 2. The number of para-hydroxylation sites is 2. The van der Waals surface area contributed by atoms with Crippen LogP contribution < -0.4 is 0 Å². The molecule has 188 valence electrons. The summed E-state index contributed by atoms with van der Waals surface area (Å²) in [6, 6.07) is 39.4. The van der Waals surface area contributed by atoms with Crippen LogP contribution in [0.25, 0.3) is 71.4 Å². The van der Waals surface area contributed by atoms with Gasteiger partial charge in [0.25, 0.3) is 5.92 Å². The molecule has 0 fully saturated rings. The third-order valence-electron chi connectivity index (χ3n) is 8.49. The highest BCUT2D eigenvalue weighted by molar-refractivity contribution is 6.24. The van der Waals surface area contributed by atoms with Crippen molar-refractivity contribution in [2.24, 2.45) is 0 Å². The Hall–Kier alpha value is -5.09. The minimum Gasteiger partial charge on any atom is -0.292 e. The molecule has 8 aromatic rings. The Kier molecular flexibility index (Phi) is 4.10. The molecule has 0 saturated carbocycles. The maximum atomic E-state index is 15.5. The van der Waals surface area contributed by atoms with Crippen LogP contribution in [0.15, 0.2) is 121 Å². The van der Waals surface area contributed by atoms with Crippen molar-refractivity contribution in [1.29, 1.82) is 0 Å². The molecule has 0 bridgehead atoms. The predicted molar refractivity (Wildman–Crippen MR) is 159 cm³/mol. The lowest BCUT2D eigenvalue weighted by atomic mass is 9.95. The van der Waals surface area contributed by atoms with Crippen LogP contribution in [0.4, 0.5) is 8.78 Å². The van der Waals surface area contributed by atoms with E-state index in [0.29, 0.717) is 11.1 Å². The molecular formula is C36H20F2N2. The fourth-order valence-electron chi connectivity index (χ4n) is 6.66. The van der Waals surface area contributed by atoms with Gasteiger partial charge in [0.15, 0.2) is 0 Å². The highest BCUT2D eigenvalue weighted by Crippen LogP contribution is 2.51. The summed E-state index contributed by atoms with van der Waals surface area (Å²) in [6.45, 7) is 0. The first-order valence-electron chi connectivity index (χ1n) is 13.4. The van der Waals surface area contributed by atoms with Crippen LogP contribution in [0.3, 0.4) is 0 Å². The number of hydrogen-bond donors (Lipinski definition) is 0. The second-order valence-corrected chi connectivity index (χ2v) is 10.6. The van der Waals surface area contributed by atoms with Gasteiger partial charge in [-0.3, -0.25) is 4.40 Å². The number of hydrogen-bond acceptors (Lipinski definition) is 1. The number of nitrogens with zero attached hydrogens (tertiary/aromatic N) is 2. The molecule has 2 heterocycles. The first-order chi connectivity index (χ1) is 19.6. The van der Waals surface area contributed by atoms with E-state index in [1.54, 1.807) is 18.2 Å². The van der Waals surface area contributed by atoms with Crippen LogP contribution in [-0.4, -0.2) is 9.38 Å². The Bertz CT molecular complexity index is 2360. The largest absolute Gasteiger partial charge is 0.299 e. The molecule has 0 amide bonds. The van der Waals surface area contributed by atoms with Gasteiger partial charge in [0.05, 0.1) is 16.6 Å². The smallest absolute Gasteiger partial charge is 0.292 e. The molecule has 2 aromatic heterocycles. The number of benzene rings is 6. The highest BCUT2D eigenvalue weighted by atomic mass is 19.3. The van der Waals surface area contributed by atoms with E-state index in [9.17, 15) is 0 Å². The average molecular weight is 519 g/mol. The maximum Gasteiger partial charge on any atom is 0.299 e. The normalized spacial score (nSPS) is 13.9. The summed E-state index contributed by atoms with van der Waals surface area (Å²) in [6.07, 6.45) is 0. The third kappa shape index (κ3) is 2.72. The monoisotopic (exact) mass is 518 g/mol. The van der Waals surface area contributed by atoms with E-state index in [-0.39, 0.29) is 11.1 Å². The SMILES string of the molecule is FC1(F)c2ccccc2-c2ccc(-c3ccc4c5c6ccccc6ccc5c5nc6ccccc6n5c4c3)cc21. The number of aromatic nitrogens is 2. The second-order valence-electron chi connectivity index (χ2n) is 10.6. The predicted octanol–water partition coefficient (Wildman–Crippen LogP) is 9.73. The van der Waals surface area contributed by atoms with Gasteiger partial charge in [0, 0.05) is 27.3 Å². The molecule has 1 aliphatic carbocycles. The molecule has 0 unspecified atom stereocenters. The quantitative estimate of drug-likeness (QED) is 0.198. The van der Waals surface area contributed by atoms with E-state index >= 15 is 8.78 Å². The van der Waals surface area contributed by atoms with Crippen molar-refractivity contribution in [1.82, 2.24) is 9.38 Å². The van der Waals surface area contributed by atoms with Crippen LogP contribution in [0.2, 0.25) is 0 Å². The highest BCUT2D eigenvalue weighted by Gasteiger charge is 2.44. The summed E-state index contributed by atoms with van der Waals surface area (Å²) in [5.74, 6) is -3.03. The van der Waals surface area contributed by atoms with Crippen molar-refractivity contribution in [2.75, 3.05) is 0 Å². The molecule has 0 N–H and O–H groups in total. The minimum atomic E-state index is -3.03. The van der Waals surface area contributed by atoms with Crippen molar-refractivity contribution in [2.45, 2.75) is 5.92 Å². The van der Waals surface area contributed by atoms with Crippen molar-refractivity contribution >= 4 is 49.1 Å². The number of imidazole rings is 1. The zero-order chi connectivity index (χ0) is 26.6. The zero-order valence-electron chi connectivity index (χ0n) is 21.2. The molecule has 9 rings (SSSR count). The molecular weight excluding hydrogens is 498 g/mol. The van der Waals surface area contributed by atoms with Crippen molar-refractivity contribution < 1.29 is 8.78 Å². The fraction of sp³-hybridized carbons (Fsp3) is 0.0278. The van der Waals surface area contributed by atoms with E-state index in [0.717, 1.165) is 49.5 Å². The van der Waals surface area contributed by atoms with E-state index in [2.05, 4.69) is 65.1 Å². The van der Waals surface area contributed by atoms with Gasteiger partial charge in [-0.25, -0.2) is 4.98 Å². The minimum absolute atomic E-state index is 0.0639. The summed E-state index contributed by atoms with van der Waals surface area (Å²) in [5, 5.41) is 5.68. The third-order valence-corrected chi connectivity index (χ3v) is 8.49. The van der Waals surface area contributed by atoms with E-state index in [4.69, 9.17) is 4.98 Å². The number of rotatable bonds is 1. The molecule has 0 aliphatic heterocycles. The van der Waals surface area contributed by atoms with Crippen LogP contribution in [-0.2, 0) is 5.92 Å². The van der Waals surface area contributed by atoms with Crippen molar-refractivity contribution in [3.8, 4) is 22.3 Å². The Morgan fingerprint density at radius 3 is 2.23 bits per heavy atom. The topological polar surface area (TPSA) is 17.3 Å². The summed E-state index contributed by atoms with van der Waals surface area (Å²) < 4.78 is 33.3. The van der Waals surface area contributed by atoms with Gasteiger partial charge in [-0.05, 0) is 63.4 Å². The first kappa shape index (κ1) is 21.8. The van der Waals surface area contributed by atoms with Crippen LogP contribution >= 0.6 is 0 Å². The Morgan fingerprint density at radius 1 is 0.550 bits per heavy atom. The van der Waals surface area contributed by atoms with Crippen LogP contribution in [0.1, 0.15) is 11.1 Å². The van der Waals surface area contributed by atoms with Crippen molar-refractivity contribution in [3.05, 3.63) is 132 Å². The molecule has 2 nitrogen and oxygen atoms in total. The summed E-state index contributed by atoms with van der Waals surface area (Å²) in [4.78, 5) is 5.06. The summed E-state index contributed by atoms with van der Waals surface area (Å²) >= 11 is 0. The van der Waals surface area contributed by atoms with Gasteiger partial charge in [0.1, 0.15) is 5.65 Å². The molecule has 4 heteroatoms. The molecule has 40 heavy (non-hydrogen) atoms. The molecule has 0 saturated heterocycles. The van der Waals surface area contributed by atoms with Gasteiger partial charge in [-0.15, -0.1) is 0 Å². The van der Waals surface area contributed by atoms with E-state index in [1.807, 2.05) is 36.4 Å². The number of fused-ring (bicyclic) bond motifs is 13. The van der Waals surface area contributed by atoms with Gasteiger partial charge in [-0.1, -0.05) is 91.0 Å². The number of alkyl halides is 2. The fourth-order valence-corrected chi connectivity index (χ4v) is 6.66. The van der Waals surface area contributed by atoms with Gasteiger partial charge in [0.2, 0.25) is 0 Å². The summed E-state index contributed by atoms with van der Waals surface area (Å²) in [7, 11) is 0. The standard InChI is InChI=1S/C36H20F2N2/c37-36(38)29-10-4-3-9-25(29)26-16-14-22(19-30(26)36)23-15-17-27-33(20-23)40-32-12-6-5-11-31(32)39-35(40)28-18-13-21-7-1-2-8-24(21)34(27)28/h1-20H. The zero-order valence-corrected chi connectivity index (χ0v) is 21.2. The Morgan fingerprint density at radius 2 is 1.27 bits per heavy atom. The Balaban J connectivity index is 1.38. The molecule has 0 radical (unpaired) electrons. The maximum absolute atomic E-state index is 15.5. The number of pyridine rings is 1. The summed E-state index contributed by atoms with van der Waals surface area (Å²) in [5.41, 5.74) is 6.84. The average Bonchev–Trinajstić information content (AvgIpc) is 3.50. The molecule has 0 spiro atoms. The molecule has 0 atom stereocenters. The Labute approximate surface area is 227 Å². The van der Waals surface area contributed by atoms with Gasteiger partial charge < -0.3 is 0 Å². The lowest BCUT2D eigenvalue weighted by Crippen LogP contribution is -2.10. The van der Waals surface area contributed by atoms with E-state index < -0.39 is 5.92 Å².